The van der Waals surface area contributed by atoms with Gasteiger partial charge < -0.3 is 5.32 Å². The quantitative estimate of drug-likeness (QED) is 0.848. The molecule has 0 spiro atoms. The van der Waals surface area contributed by atoms with Crippen LogP contribution in [0.5, 0.6) is 0 Å². The van der Waals surface area contributed by atoms with Crippen LogP contribution in [0.1, 0.15) is 44.2 Å². The van der Waals surface area contributed by atoms with Gasteiger partial charge in [0, 0.05) is 6.04 Å². The van der Waals surface area contributed by atoms with Crippen molar-refractivity contribution in [1.29, 1.82) is 0 Å². The lowest BCUT2D eigenvalue weighted by Gasteiger charge is -2.33. The number of benzene rings is 1. The zero-order valence-electron chi connectivity index (χ0n) is 11.0. The highest BCUT2D eigenvalue weighted by Gasteiger charge is 2.26. The fraction of sp³-hybridized carbons (Fsp3) is 0.600. The van der Waals surface area contributed by atoms with Gasteiger partial charge in [0.1, 0.15) is 5.82 Å². The van der Waals surface area contributed by atoms with Gasteiger partial charge in [0.2, 0.25) is 0 Å². The fourth-order valence-electron chi connectivity index (χ4n) is 3.00. The molecule has 0 heterocycles. The number of nitrogens with one attached hydrogen (secondary N) is 1. The summed E-state index contributed by atoms with van der Waals surface area (Å²) in [7, 11) is 1.97. The van der Waals surface area contributed by atoms with Gasteiger partial charge in [-0.05, 0) is 49.4 Å². The predicted molar refractivity (Wildman–Crippen MR) is 74.3 cm³/mol. The second kappa shape index (κ2) is 6.03. The minimum atomic E-state index is -0.340. The Bertz CT molecular complexity index is 399. The molecule has 1 saturated carbocycles. The Balaban J connectivity index is 2.14. The molecule has 1 aromatic carbocycles. The standard InChI is InChI=1S/C15H21ClFN/c1-10-3-5-11(6-4-10)15(18-2)12-7-8-14(17)13(16)9-12/h7-11,15,18H,3-6H2,1-2H3. The second-order valence-corrected chi connectivity index (χ2v) is 5.87. The van der Waals surface area contributed by atoms with Gasteiger partial charge in [0.25, 0.3) is 0 Å². The molecule has 0 radical (unpaired) electrons. The average Bonchev–Trinajstić information content (AvgIpc) is 2.37. The average molecular weight is 270 g/mol. The molecule has 1 aromatic rings. The third-order valence-electron chi connectivity index (χ3n) is 4.15. The Morgan fingerprint density at radius 2 is 1.94 bits per heavy atom. The highest BCUT2D eigenvalue weighted by atomic mass is 35.5. The summed E-state index contributed by atoms with van der Waals surface area (Å²) in [5.74, 6) is 1.14. The van der Waals surface area contributed by atoms with Gasteiger partial charge in [0.15, 0.2) is 0 Å². The smallest absolute Gasteiger partial charge is 0.141 e. The Morgan fingerprint density at radius 1 is 1.28 bits per heavy atom. The number of hydrogen-bond acceptors (Lipinski definition) is 1. The first kappa shape index (κ1) is 13.8. The van der Waals surface area contributed by atoms with E-state index in [1.165, 1.54) is 31.7 Å². The summed E-state index contributed by atoms with van der Waals surface area (Å²) in [5.41, 5.74) is 1.10. The molecular formula is C15H21ClFN. The van der Waals surface area contributed by atoms with Crippen molar-refractivity contribution in [3.05, 3.63) is 34.6 Å². The van der Waals surface area contributed by atoms with Crippen LogP contribution in [0.15, 0.2) is 18.2 Å². The van der Waals surface area contributed by atoms with Gasteiger partial charge in [-0.15, -0.1) is 0 Å². The Morgan fingerprint density at radius 3 is 2.50 bits per heavy atom. The van der Waals surface area contributed by atoms with Crippen LogP contribution in [0.3, 0.4) is 0 Å². The van der Waals surface area contributed by atoms with Gasteiger partial charge in [0.05, 0.1) is 5.02 Å². The highest BCUT2D eigenvalue weighted by Crippen LogP contribution is 2.37. The van der Waals surface area contributed by atoms with Crippen molar-refractivity contribution in [2.45, 2.75) is 38.6 Å². The zero-order valence-corrected chi connectivity index (χ0v) is 11.8. The van der Waals surface area contributed by atoms with Crippen LogP contribution in [-0.2, 0) is 0 Å². The van der Waals surface area contributed by atoms with Crippen molar-refractivity contribution < 1.29 is 4.39 Å². The van der Waals surface area contributed by atoms with E-state index in [1.807, 2.05) is 13.1 Å². The molecule has 1 unspecified atom stereocenters. The minimum Gasteiger partial charge on any atom is -0.313 e. The molecule has 18 heavy (non-hydrogen) atoms. The first-order valence-electron chi connectivity index (χ1n) is 6.74. The van der Waals surface area contributed by atoms with Gasteiger partial charge >= 0.3 is 0 Å². The van der Waals surface area contributed by atoms with E-state index in [4.69, 9.17) is 11.6 Å². The maximum absolute atomic E-state index is 13.2. The second-order valence-electron chi connectivity index (χ2n) is 5.46. The first-order chi connectivity index (χ1) is 8.61. The number of halogens is 2. The predicted octanol–water partition coefficient (Wildman–Crippen LogP) is 4.57. The molecule has 1 aliphatic rings. The van der Waals surface area contributed by atoms with Crippen molar-refractivity contribution in [2.24, 2.45) is 11.8 Å². The van der Waals surface area contributed by atoms with Crippen LogP contribution in [-0.4, -0.2) is 7.05 Å². The molecule has 3 heteroatoms. The summed E-state index contributed by atoms with van der Waals surface area (Å²) in [6.07, 6.45) is 5.05. The lowest BCUT2D eigenvalue weighted by molar-refractivity contribution is 0.238. The van der Waals surface area contributed by atoms with Gasteiger partial charge in [-0.25, -0.2) is 4.39 Å². The van der Waals surface area contributed by atoms with Crippen LogP contribution in [0.4, 0.5) is 4.39 Å². The van der Waals surface area contributed by atoms with E-state index < -0.39 is 0 Å². The van der Waals surface area contributed by atoms with Crippen LogP contribution < -0.4 is 5.32 Å². The Labute approximate surface area is 114 Å². The van der Waals surface area contributed by atoms with Crippen molar-refractivity contribution in [3.63, 3.8) is 0 Å². The lowest BCUT2D eigenvalue weighted by Crippen LogP contribution is -2.28. The summed E-state index contributed by atoms with van der Waals surface area (Å²) in [4.78, 5) is 0. The molecule has 1 N–H and O–H groups in total. The van der Waals surface area contributed by atoms with Gasteiger partial charge in [-0.1, -0.05) is 37.4 Å². The molecule has 100 valence electrons. The summed E-state index contributed by atoms with van der Waals surface area (Å²) in [6, 6.07) is 5.36. The number of rotatable bonds is 3. The van der Waals surface area contributed by atoms with E-state index in [0.29, 0.717) is 5.92 Å². The lowest BCUT2D eigenvalue weighted by atomic mass is 9.77. The summed E-state index contributed by atoms with van der Waals surface area (Å²) in [6.45, 7) is 2.32. The van der Waals surface area contributed by atoms with Crippen molar-refractivity contribution in [2.75, 3.05) is 7.05 Å². The van der Waals surface area contributed by atoms with E-state index in [0.717, 1.165) is 11.5 Å². The molecule has 0 aliphatic heterocycles. The molecule has 2 rings (SSSR count). The fourth-order valence-corrected chi connectivity index (χ4v) is 3.19. The van der Waals surface area contributed by atoms with Crippen LogP contribution in [0.25, 0.3) is 0 Å². The van der Waals surface area contributed by atoms with Gasteiger partial charge in [-0.3, -0.25) is 0 Å². The monoisotopic (exact) mass is 269 g/mol. The Kier molecular flexibility index (Phi) is 4.63. The van der Waals surface area contributed by atoms with Crippen LogP contribution in [0, 0.1) is 17.7 Å². The highest BCUT2D eigenvalue weighted by molar-refractivity contribution is 6.30. The topological polar surface area (TPSA) is 12.0 Å². The summed E-state index contributed by atoms with van der Waals surface area (Å²) in [5, 5.41) is 3.59. The molecule has 0 bridgehead atoms. The molecule has 0 aromatic heterocycles. The van der Waals surface area contributed by atoms with E-state index >= 15 is 0 Å². The van der Waals surface area contributed by atoms with Crippen molar-refractivity contribution in [1.82, 2.24) is 5.32 Å². The summed E-state index contributed by atoms with van der Waals surface area (Å²) < 4.78 is 13.2. The zero-order chi connectivity index (χ0) is 13.1. The maximum Gasteiger partial charge on any atom is 0.141 e. The van der Waals surface area contributed by atoms with Crippen molar-refractivity contribution in [3.8, 4) is 0 Å². The number of hydrogen-bond donors (Lipinski definition) is 1. The van der Waals surface area contributed by atoms with Gasteiger partial charge in [-0.2, -0.15) is 0 Å². The SMILES string of the molecule is CNC(c1ccc(F)c(Cl)c1)C1CCC(C)CC1. The van der Waals surface area contributed by atoms with Crippen molar-refractivity contribution >= 4 is 11.6 Å². The molecule has 1 atom stereocenters. The molecule has 0 saturated heterocycles. The summed E-state index contributed by atoms with van der Waals surface area (Å²) >= 11 is 5.87. The molecule has 1 fully saturated rings. The maximum atomic E-state index is 13.2. The van der Waals surface area contributed by atoms with E-state index in [-0.39, 0.29) is 16.9 Å². The normalized spacial score (nSPS) is 26.0. The molecule has 0 amide bonds. The van der Waals surface area contributed by atoms with Crippen LogP contribution in [0.2, 0.25) is 5.02 Å². The molecule has 1 aliphatic carbocycles. The van der Waals surface area contributed by atoms with E-state index in [2.05, 4.69) is 12.2 Å². The minimum absolute atomic E-state index is 0.219. The third-order valence-corrected chi connectivity index (χ3v) is 4.44. The molecule has 1 nitrogen and oxygen atoms in total. The first-order valence-corrected chi connectivity index (χ1v) is 7.11. The Hall–Kier alpha value is -0.600. The van der Waals surface area contributed by atoms with E-state index in [1.54, 1.807) is 6.07 Å². The van der Waals surface area contributed by atoms with Crippen LogP contribution >= 0.6 is 11.6 Å². The van der Waals surface area contributed by atoms with E-state index in [9.17, 15) is 4.39 Å². The third kappa shape index (κ3) is 3.04. The largest absolute Gasteiger partial charge is 0.313 e. The molecular weight excluding hydrogens is 249 g/mol.